The molecule has 3 rings (SSSR count). The van der Waals surface area contributed by atoms with E-state index in [-0.39, 0.29) is 84.8 Å². The second kappa shape index (κ2) is 45.6. The maximum absolute atomic E-state index is 12.9. The highest BCUT2D eigenvalue weighted by atomic mass is 16.6. The molecule has 0 radical (unpaired) electrons. The molecule has 0 aromatic rings. The van der Waals surface area contributed by atoms with Crippen molar-refractivity contribution in [1.29, 1.82) is 0 Å². The molecule has 0 amide bonds. The van der Waals surface area contributed by atoms with Gasteiger partial charge in [0.25, 0.3) is 0 Å². The number of Topliss-reactive ketones (excluding diaryl/α,β-unsaturated/α-hetero) is 4. The van der Waals surface area contributed by atoms with E-state index in [1.54, 1.807) is 84.9 Å². The summed E-state index contributed by atoms with van der Waals surface area (Å²) in [6, 6.07) is 0. The largest absolute Gasteiger partial charge is 0.481 e. The smallest absolute Gasteiger partial charge is 0.338 e. The van der Waals surface area contributed by atoms with Crippen LogP contribution in [0.3, 0.4) is 0 Å². The zero-order valence-corrected chi connectivity index (χ0v) is 59.6. The van der Waals surface area contributed by atoms with Crippen LogP contribution in [0.5, 0.6) is 0 Å². The fourth-order valence-electron chi connectivity index (χ4n) is 11.6. The van der Waals surface area contributed by atoms with Gasteiger partial charge >= 0.3 is 29.8 Å². The Morgan fingerprint density at radius 3 is 1.19 bits per heavy atom. The summed E-state index contributed by atoms with van der Waals surface area (Å²) < 4.78 is 32.2. The Kier molecular flexibility index (Phi) is 41.9. The molecule has 0 saturated carbocycles. The van der Waals surface area contributed by atoms with Crippen LogP contribution in [0, 0.1) is 53.3 Å². The van der Waals surface area contributed by atoms with Crippen LogP contribution in [0.4, 0.5) is 0 Å². The van der Waals surface area contributed by atoms with Gasteiger partial charge in [-0.1, -0.05) is 136 Å². The van der Waals surface area contributed by atoms with Gasteiger partial charge in [0.1, 0.15) is 59.8 Å². The predicted octanol–water partition coefficient (Wildman–Crippen LogP) is 8.50. The second-order valence-electron chi connectivity index (χ2n) is 26.9. The quantitative estimate of drug-likeness (QED) is 0.0255. The normalized spacial score (nSPS) is 30.5. The molecule has 23 heteroatoms. The van der Waals surface area contributed by atoms with Crippen molar-refractivity contribution >= 4 is 53.0 Å². The zero-order valence-electron chi connectivity index (χ0n) is 59.6. The Balaban J connectivity index is 0.000000720. The Bertz CT molecular complexity index is 2650. The number of allylic oxidation sites excluding steroid dienone is 6. The van der Waals surface area contributed by atoms with Gasteiger partial charge in [-0.25, -0.2) is 14.4 Å². The first kappa shape index (κ1) is 88.1. The van der Waals surface area contributed by atoms with Crippen molar-refractivity contribution in [3.05, 3.63) is 71.4 Å². The molecule has 0 bridgehead atoms. The molecule has 0 aromatic carbocycles. The van der Waals surface area contributed by atoms with Crippen molar-refractivity contribution in [2.24, 2.45) is 53.3 Å². The number of aliphatic carboxylic acids is 2. The minimum absolute atomic E-state index is 0.0379. The number of hydrogen-bond donors (Lipinski definition) is 8. The number of carboxylic acid groups (broad SMARTS) is 2. The lowest BCUT2D eigenvalue weighted by atomic mass is 9.86. The number of ketones is 4. The molecule has 0 aromatic heterocycles. The highest BCUT2D eigenvalue weighted by molar-refractivity contribution is 5.86. The lowest BCUT2D eigenvalue weighted by Crippen LogP contribution is -2.39. The van der Waals surface area contributed by atoms with Crippen LogP contribution in [0.1, 0.15) is 186 Å². The van der Waals surface area contributed by atoms with E-state index in [1.165, 1.54) is 46.5 Å². The number of hydrogen-bond acceptors (Lipinski definition) is 21. The summed E-state index contributed by atoms with van der Waals surface area (Å²) in [5, 5.41) is 78.6. The molecular weight excluding hydrogens is 1240 g/mol. The Morgan fingerprint density at radius 1 is 0.458 bits per heavy atom. The number of rotatable bonds is 24. The van der Waals surface area contributed by atoms with Gasteiger partial charge in [0.2, 0.25) is 0 Å². The molecule has 23 nitrogen and oxygen atoms in total. The van der Waals surface area contributed by atoms with E-state index in [1.807, 2.05) is 34.6 Å². The van der Waals surface area contributed by atoms with Crippen LogP contribution in [-0.2, 0) is 71.6 Å². The van der Waals surface area contributed by atoms with Gasteiger partial charge < -0.3 is 69.3 Å². The number of aliphatic hydroxyl groups is 6. The first-order valence-electron chi connectivity index (χ1n) is 33.8. The molecule has 0 aliphatic carbocycles. The average Bonchev–Trinajstić information content (AvgIpc) is 0.919. The zero-order chi connectivity index (χ0) is 73.3. The van der Waals surface area contributed by atoms with Crippen molar-refractivity contribution in [2.75, 3.05) is 21.3 Å². The first-order chi connectivity index (χ1) is 44.9. The van der Waals surface area contributed by atoms with Crippen LogP contribution in [0.25, 0.3) is 0 Å². The number of esters is 3. The molecular formula is C73H116O23. The van der Waals surface area contributed by atoms with E-state index in [9.17, 15) is 73.8 Å². The second-order valence-corrected chi connectivity index (χ2v) is 26.9. The molecule has 96 heavy (non-hydrogen) atoms. The maximum Gasteiger partial charge on any atom is 0.338 e. The number of methoxy groups -OCH3 is 3. The summed E-state index contributed by atoms with van der Waals surface area (Å²) in [4.78, 5) is 109. The molecule has 0 spiro atoms. The molecule has 21 atom stereocenters. The van der Waals surface area contributed by atoms with Crippen LogP contribution >= 0.6 is 0 Å². The van der Waals surface area contributed by atoms with E-state index >= 15 is 0 Å². The predicted molar refractivity (Wildman–Crippen MR) is 359 cm³/mol. The Labute approximate surface area is 568 Å². The number of carboxylic acids is 2. The average molecular weight is 1360 g/mol. The van der Waals surface area contributed by atoms with Crippen molar-refractivity contribution < 1.29 is 112 Å². The third-order valence-electron chi connectivity index (χ3n) is 17.9. The van der Waals surface area contributed by atoms with E-state index in [0.29, 0.717) is 17.6 Å². The van der Waals surface area contributed by atoms with Gasteiger partial charge in [-0.2, -0.15) is 0 Å². The van der Waals surface area contributed by atoms with Gasteiger partial charge in [0.15, 0.2) is 18.3 Å². The maximum atomic E-state index is 12.9. The minimum atomic E-state index is -1.70. The van der Waals surface area contributed by atoms with Gasteiger partial charge in [-0.15, -0.1) is 0 Å². The minimum Gasteiger partial charge on any atom is -0.481 e. The monoisotopic (exact) mass is 1360 g/mol. The Morgan fingerprint density at radius 2 is 0.812 bits per heavy atom. The number of cyclic esters (lactones) is 3. The highest BCUT2D eigenvalue weighted by Crippen LogP contribution is 2.30. The van der Waals surface area contributed by atoms with Crippen LogP contribution in [0.2, 0.25) is 0 Å². The van der Waals surface area contributed by atoms with Crippen molar-refractivity contribution in [2.45, 2.75) is 260 Å². The fraction of sp³-hybridized carbons (Fsp3) is 0.712. The highest BCUT2D eigenvalue weighted by Gasteiger charge is 2.35. The van der Waals surface area contributed by atoms with E-state index in [0.717, 1.165) is 63.4 Å². The van der Waals surface area contributed by atoms with Crippen LogP contribution in [0.15, 0.2) is 71.4 Å². The molecule has 3 aliphatic rings. The summed E-state index contributed by atoms with van der Waals surface area (Å²) in [7, 11) is 4.23. The number of ether oxygens (including phenoxy) is 6. The molecule has 546 valence electrons. The lowest BCUT2D eigenvalue weighted by Gasteiger charge is -2.28. The fourth-order valence-corrected chi connectivity index (χ4v) is 11.6. The Hall–Kier alpha value is -5.89. The topological polar surface area (TPSA) is 371 Å². The summed E-state index contributed by atoms with van der Waals surface area (Å²) in [5.74, 6) is -6.93. The summed E-state index contributed by atoms with van der Waals surface area (Å²) in [6.07, 6.45) is 10.1. The summed E-state index contributed by atoms with van der Waals surface area (Å²) in [6.45, 7) is 23.6. The lowest BCUT2D eigenvalue weighted by molar-refractivity contribution is -0.164. The van der Waals surface area contributed by atoms with Gasteiger partial charge in [-0.3, -0.25) is 28.8 Å². The van der Waals surface area contributed by atoms with Crippen molar-refractivity contribution in [1.82, 2.24) is 0 Å². The van der Waals surface area contributed by atoms with E-state index in [4.69, 9.17) is 38.6 Å². The molecule has 0 saturated heterocycles. The van der Waals surface area contributed by atoms with Crippen LogP contribution in [-0.4, -0.2) is 188 Å². The molecule has 8 N–H and O–H groups in total. The molecule has 3 aliphatic heterocycles. The SMILES string of the molecule is CO[C@@H](CC(=O)O)[C@@H](C)C(=O)[C@H](C)/C=C(\C)[C@H]1OC(=O)[C@H](O)[C@H](O)/C=C/[C@H](C)CCC[C@@H]1C.CO[C@H](CC(=O)O)CC(=O)[C@H](C)/C=C(\C)[C@H]1OC(=O)[C@H](O)[C@H](O)/C=C/[C@H](C)CCC[C@@H]1C.CO[C@H](CC(C)=O)CC(=O)[C@H](C)/C=C(\C)[C@@H]1CCCC[C@@H](C)/C=C/[C@@H](O)[C@@H](O)C(=O)O1. The van der Waals surface area contributed by atoms with Gasteiger partial charge in [0.05, 0.1) is 31.2 Å². The van der Waals surface area contributed by atoms with Crippen molar-refractivity contribution in [3.8, 4) is 0 Å². The van der Waals surface area contributed by atoms with Crippen LogP contribution < -0.4 is 0 Å². The number of carbonyl (C=O) groups is 9. The standard InChI is InChI=1S/C25H40O8.C24H38O8.C24H38O7/c1-14-8-7-9-15(2)24(33-25(31)23(30)19(26)11-10-14)17(4)12-16(3)22(29)18(5)20(32-6)13-21(27)28;1-14-7-6-8-15(2)23(32-24(30)22(29)19(25)10-9-14)17(4)11-16(3)20(26)12-18(31-5)13-21(27)28;1-15-8-6-7-9-22(31-24(29)23(28)20(26)11-10-15)17(3)12-16(2)21(27)14-19(30-5)13-18(4)25/h10-12,14-16,18-20,23-24,26,30H,7-9,13H2,1-6H3,(H,27,28);9-11,14-16,18-19,22-23,25,29H,6-8,12-13H2,1-5H3,(H,27,28);10-12,15-16,19-20,22-23,26,28H,6-9,13-14H2,1-5H3/b11-10+,17-12+;10-9+,17-11+;11-10+,17-12+/t14-,15+,16-,18-,19-,20+,23-,24+;14-,15+,16-,18+,19-,22-,23+;15-,16-,19-,20-,22+,23-/m111/s1. The van der Waals surface area contributed by atoms with Gasteiger partial charge in [0, 0.05) is 64.3 Å². The van der Waals surface area contributed by atoms with Gasteiger partial charge in [-0.05, 0) is 119 Å². The van der Waals surface area contributed by atoms with E-state index < -0.39 is 127 Å². The summed E-state index contributed by atoms with van der Waals surface area (Å²) >= 11 is 0. The van der Waals surface area contributed by atoms with Crippen molar-refractivity contribution in [3.63, 3.8) is 0 Å². The molecule has 3 heterocycles. The number of aliphatic hydroxyl groups excluding tert-OH is 6. The first-order valence-corrected chi connectivity index (χ1v) is 33.8. The molecule has 0 fully saturated rings. The number of carbonyl (C=O) groups excluding carboxylic acids is 7. The third-order valence-corrected chi connectivity index (χ3v) is 17.9. The summed E-state index contributed by atoms with van der Waals surface area (Å²) in [5.41, 5.74) is 2.05. The van der Waals surface area contributed by atoms with E-state index in [2.05, 4.69) is 0 Å². The molecule has 0 unspecified atom stereocenters. The third kappa shape index (κ3) is 33.1.